The zero-order chi connectivity index (χ0) is 16.5. The highest BCUT2D eigenvalue weighted by molar-refractivity contribution is 6.30. The van der Waals surface area contributed by atoms with Crippen LogP contribution in [-0.4, -0.2) is 25.2 Å². The molecule has 0 saturated heterocycles. The second kappa shape index (κ2) is 6.24. The lowest BCUT2D eigenvalue weighted by molar-refractivity contribution is 0.331. The number of fused-ring (bicyclic) bond motifs is 1. The van der Waals surface area contributed by atoms with Gasteiger partial charge in [0.15, 0.2) is 16.9 Å². The maximum absolute atomic E-state index is 12.3. The molecular weight excluding hydrogens is 328 g/mol. The number of nitrogens with one attached hydrogen (secondary N) is 2. The van der Waals surface area contributed by atoms with E-state index in [4.69, 9.17) is 11.6 Å². The van der Waals surface area contributed by atoms with Crippen molar-refractivity contribution in [1.82, 2.24) is 25.2 Å². The summed E-state index contributed by atoms with van der Waals surface area (Å²) in [6.45, 7) is 0. The molecule has 2 heterocycles. The Morgan fingerprint density at radius 2 is 1.92 bits per heavy atom. The van der Waals surface area contributed by atoms with E-state index in [-0.39, 0.29) is 11.6 Å². The molecule has 0 aliphatic heterocycles. The molecule has 0 bridgehead atoms. The molecule has 1 aliphatic rings. The standard InChI is InChI=1S/C16H17ClN6O/c17-10-6-8-11(9-7-10)18-15-13-14(16(24)21-20-15)23(22-19-13)12-4-2-1-3-5-12/h6-9,12H,1-5H2,(H,18,20)(H,21,24). The maximum atomic E-state index is 12.3. The van der Waals surface area contributed by atoms with Gasteiger partial charge in [-0.1, -0.05) is 36.1 Å². The molecule has 1 aromatic carbocycles. The number of halogens is 1. The van der Waals surface area contributed by atoms with Crippen LogP contribution in [0.2, 0.25) is 5.02 Å². The van der Waals surface area contributed by atoms with Crippen LogP contribution >= 0.6 is 11.6 Å². The van der Waals surface area contributed by atoms with Gasteiger partial charge in [0, 0.05) is 10.7 Å². The quantitative estimate of drug-likeness (QED) is 0.760. The summed E-state index contributed by atoms with van der Waals surface area (Å²) in [5, 5.41) is 18.9. The van der Waals surface area contributed by atoms with Crippen molar-refractivity contribution in [2.75, 3.05) is 5.32 Å². The maximum Gasteiger partial charge on any atom is 0.292 e. The highest BCUT2D eigenvalue weighted by Gasteiger charge is 2.22. The summed E-state index contributed by atoms with van der Waals surface area (Å²) in [6, 6.07) is 7.48. The molecule has 0 atom stereocenters. The number of nitrogens with zero attached hydrogens (tertiary/aromatic N) is 4. The first-order chi connectivity index (χ1) is 11.7. The molecule has 0 radical (unpaired) electrons. The number of anilines is 2. The first-order valence-electron chi connectivity index (χ1n) is 8.08. The summed E-state index contributed by atoms with van der Waals surface area (Å²) in [5.41, 5.74) is 1.52. The fraction of sp³-hybridized carbons (Fsp3) is 0.375. The van der Waals surface area contributed by atoms with Gasteiger partial charge in [-0.3, -0.25) is 4.79 Å². The Kier molecular flexibility index (Phi) is 3.93. The van der Waals surface area contributed by atoms with Crippen LogP contribution in [0.1, 0.15) is 38.1 Å². The van der Waals surface area contributed by atoms with Crippen LogP contribution in [0.3, 0.4) is 0 Å². The average Bonchev–Trinajstić information content (AvgIpc) is 3.06. The predicted octanol–water partition coefficient (Wildman–Crippen LogP) is 3.42. The SMILES string of the molecule is O=c1[nH]nc(Nc2ccc(Cl)cc2)c2nnn(C3CCCCC3)c12. The number of H-pyrrole nitrogens is 1. The molecule has 24 heavy (non-hydrogen) atoms. The molecule has 1 fully saturated rings. The molecule has 2 aromatic heterocycles. The second-order valence-corrected chi connectivity index (χ2v) is 6.49. The lowest BCUT2D eigenvalue weighted by Crippen LogP contribution is -2.19. The molecule has 3 aromatic rings. The number of benzene rings is 1. The predicted molar refractivity (Wildman–Crippen MR) is 92.8 cm³/mol. The van der Waals surface area contributed by atoms with E-state index in [1.54, 1.807) is 16.8 Å². The Labute approximate surface area is 143 Å². The molecule has 8 heteroatoms. The summed E-state index contributed by atoms with van der Waals surface area (Å²) < 4.78 is 1.77. The van der Waals surface area contributed by atoms with Crippen molar-refractivity contribution >= 4 is 34.1 Å². The third-order valence-electron chi connectivity index (χ3n) is 4.43. The number of rotatable bonds is 3. The summed E-state index contributed by atoms with van der Waals surface area (Å²) >= 11 is 5.90. The first-order valence-corrected chi connectivity index (χ1v) is 8.46. The van der Waals surface area contributed by atoms with Crippen molar-refractivity contribution in [3.63, 3.8) is 0 Å². The molecule has 2 N–H and O–H groups in total. The molecule has 0 amide bonds. The largest absolute Gasteiger partial charge is 0.337 e. The van der Waals surface area contributed by atoms with Gasteiger partial charge in [0.05, 0.1) is 6.04 Å². The molecule has 4 rings (SSSR count). The van der Waals surface area contributed by atoms with Crippen molar-refractivity contribution in [2.45, 2.75) is 38.1 Å². The number of hydrogen-bond acceptors (Lipinski definition) is 5. The minimum Gasteiger partial charge on any atom is -0.337 e. The van der Waals surface area contributed by atoms with Gasteiger partial charge in [0.1, 0.15) is 0 Å². The van der Waals surface area contributed by atoms with Crippen LogP contribution in [0, 0.1) is 0 Å². The fourth-order valence-electron chi connectivity index (χ4n) is 3.22. The molecule has 0 unspecified atom stereocenters. The third-order valence-corrected chi connectivity index (χ3v) is 4.68. The summed E-state index contributed by atoms with van der Waals surface area (Å²) in [4.78, 5) is 12.3. The van der Waals surface area contributed by atoms with Crippen LogP contribution in [0.5, 0.6) is 0 Å². The van der Waals surface area contributed by atoms with Crippen LogP contribution in [0.15, 0.2) is 29.1 Å². The van der Waals surface area contributed by atoms with Crippen molar-refractivity contribution < 1.29 is 0 Å². The number of aromatic nitrogens is 5. The normalized spacial score (nSPS) is 15.7. The minimum absolute atomic E-state index is 0.232. The highest BCUT2D eigenvalue weighted by Crippen LogP contribution is 2.30. The number of hydrogen-bond donors (Lipinski definition) is 2. The van der Waals surface area contributed by atoms with E-state index in [9.17, 15) is 4.79 Å². The molecular formula is C16H17ClN6O. The zero-order valence-electron chi connectivity index (χ0n) is 13.0. The molecule has 124 valence electrons. The van der Waals surface area contributed by atoms with Gasteiger partial charge in [0.25, 0.3) is 5.56 Å². The average molecular weight is 345 g/mol. The van der Waals surface area contributed by atoms with E-state index in [2.05, 4.69) is 25.8 Å². The summed E-state index contributed by atoms with van der Waals surface area (Å²) in [6.07, 6.45) is 5.61. The first kappa shape index (κ1) is 15.1. The van der Waals surface area contributed by atoms with Crippen LogP contribution in [-0.2, 0) is 0 Å². The van der Waals surface area contributed by atoms with Gasteiger partial charge in [-0.25, -0.2) is 9.78 Å². The van der Waals surface area contributed by atoms with Gasteiger partial charge in [-0.2, -0.15) is 5.10 Å². The monoisotopic (exact) mass is 344 g/mol. The molecule has 1 saturated carbocycles. The van der Waals surface area contributed by atoms with Gasteiger partial charge in [-0.15, -0.1) is 5.10 Å². The van der Waals surface area contributed by atoms with Crippen LogP contribution < -0.4 is 10.9 Å². The summed E-state index contributed by atoms with van der Waals surface area (Å²) in [7, 11) is 0. The lowest BCUT2D eigenvalue weighted by atomic mass is 9.95. The van der Waals surface area contributed by atoms with E-state index in [1.807, 2.05) is 12.1 Å². The van der Waals surface area contributed by atoms with E-state index in [0.29, 0.717) is 21.9 Å². The molecule has 7 nitrogen and oxygen atoms in total. The van der Waals surface area contributed by atoms with E-state index < -0.39 is 0 Å². The smallest absolute Gasteiger partial charge is 0.292 e. The van der Waals surface area contributed by atoms with Crippen molar-refractivity contribution in [2.24, 2.45) is 0 Å². The van der Waals surface area contributed by atoms with Crippen LogP contribution in [0.4, 0.5) is 11.5 Å². The van der Waals surface area contributed by atoms with Gasteiger partial charge >= 0.3 is 0 Å². The Morgan fingerprint density at radius 1 is 1.17 bits per heavy atom. The topological polar surface area (TPSA) is 88.5 Å². The second-order valence-electron chi connectivity index (χ2n) is 6.06. The van der Waals surface area contributed by atoms with E-state index in [1.165, 1.54) is 6.42 Å². The van der Waals surface area contributed by atoms with Crippen molar-refractivity contribution in [3.05, 3.63) is 39.6 Å². The third kappa shape index (κ3) is 2.75. The van der Waals surface area contributed by atoms with Gasteiger partial charge in [0.2, 0.25) is 0 Å². The molecule has 1 aliphatic carbocycles. The fourth-order valence-corrected chi connectivity index (χ4v) is 3.34. The van der Waals surface area contributed by atoms with Crippen molar-refractivity contribution in [3.8, 4) is 0 Å². The Bertz CT molecular complexity index is 910. The summed E-state index contributed by atoms with van der Waals surface area (Å²) in [5.74, 6) is 0.481. The minimum atomic E-state index is -0.262. The van der Waals surface area contributed by atoms with E-state index in [0.717, 1.165) is 31.4 Å². The lowest BCUT2D eigenvalue weighted by Gasteiger charge is -2.21. The van der Waals surface area contributed by atoms with Gasteiger partial charge < -0.3 is 5.32 Å². The Balaban J connectivity index is 1.75. The van der Waals surface area contributed by atoms with Crippen LogP contribution in [0.25, 0.3) is 11.0 Å². The van der Waals surface area contributed by atoms with Crippen molar-refractivity contribution in [1.29, 1.82) is 0 Å². The molecule has 0 spiro atoms. The highest BCUT2D eigenvalue weighted by atomic mass is 35.5. The van der Waals surface area contributed by atoms with E-state index >= 15 is 0 Å². The zero-order valence-corrected chi connectivity index (χ0v) is 13.8. The van der Waals surface area contributed by atoms with Gasteiger partial charge in [-0.05, 0) is 37.1 Å². The number of aromatic amines is 1. The Morgan fingerprint density at radius 3 is 2.67 bits per heavy atom. The Hall–Kier alpha value is -2.41.